The van der Waals surface area contributed by atoms with Gasteiger partial charge in [0.05, 0.1) is 0 Å². The molecule has 1 aliphatic heterocycles. The van der Waals surface area contributed by atoms with Gasteiger partial charge in [-0.15, -0.1) is 0 Å². The average Bonchev–Trinajstić information content (AvgIpc) is 2.64. The zero-order valence-corrected chi connectivity index (χ0v) is 6.26. The Labute approximate surface area is 68.9 Å². The van der Waals surface area contributed by atoms with Gasteiger partial charge in [-0.05, 0) is 6.07 Å². The van der Waals surface area contributed by atoms with Crippen molar-refractivity contribution >= 4 is 10.9 Å². The molecule has 12 heavy (non-hydrogen) atoms. The van der Waals surface area contributed by atoms with Gasteiger partial charge in [0.1, 0.15) is 0 Å². The standard InChI is InChI=1S/C9H6NO2/c1-2-10-7-4-9-8(3-6(1)7)11-5-12-9/h2-4,10H,5H2. The van der Waals surface area contributed by atoms with Crippen molar-refractivity contribution in [2.24, 2.45) is 0 Å². The van der Waals surface area contributed by atoms with Crippen molar-refractivity contribution in [1.82, 2.24) is 4.98 Å². The summed E-state index contributed by atoms with van der Waals surface area (Å²) < 4.78 is 10.4. The zero-order chi connectivity index (χ0) is 7.97. The maximum atomic E-state index is 5.22. The normalized spacial score (nSPS) is 14.0. The van der Waals surface area contributed by atoms with E-state index < -0.39 is 0 Å². The lowest BCUT2D eigenvalue weighted by molar-refractivity contribution is 0.174. The van der Waals surface area contributed by atoms with E-state index in [1.165, 1.54) is 0 Å². The van der Waals surface area contributed by atoms with Gasteiger partial charge in [0, 0.05) is 29.2 Å². The molecule has 0 unspecified atom stereocenters. The number of rotatable bonds is 0. The van der Waals surface area contributed by atoms with Crippen LogP contribution in [0.15, 0.2) is 18.3 Å². The van der Waals surface area contributed by atoms with Gasteiger partial charge in [-0.3, -0.25) is 0 Å². The van der Waals surface area contributed by atoms with E-state index in [-0.39, 0.29) is 0 Å². The molecule has 3 nitrogen and oxygen atoms in total. The van der Waals surface area contributed by atoms with Crippen LogP contribution in [0, 0.1) is 6.07 Å². The minimum atomic E-state index is 0.321. The second kappa shape index (κ2) is 1.94. The van der Waals surface area contributed by atoms with E-state index in [1.807, 2.05) is 12.1 Å². The van der Waals surface area contributed by atoms with Crippen LogP contribution in [0.3, 0.4) is 0 Å². The van der Waals surface area contributed by atoms with E-state index in [4.69, 9.17) is 9.47 Å². The fourth-order valence-electron chi connectivity index (χ4n) is 1.37. The minimum Gasteiger partial charge on any atom is -0.454 e. The SMILES string of the molecule is [c]1c[nH]c2cc3c(cc12)OCO3. The van der Waals surface area contributed by atoms with Crippen molar-refractivity contribution in [3.05, 3.63) is 24.4 Å². The van der Waals surface area contributed by atoms with Crippen molar-refractivity contribution in [1.29, 1.82) is 0 Å². The van der Waals surface area contributed by atoms with Crippen LogP contribution in [0.4, 0.5) is 0 Å². The van der Waals surface area contributed by atoms with Crippen LogP contribution in [-0.4, -0.2) is 11.8 Å². The molecule has 2 heterocycles. The molecule has 0 atom stereocenters. The lowest BCUT2D eigenvalue weighted by atomic mass is 10.2. The van der Waals surface area contributed by atoms with Crippen molar-refractivity contribution in [3.8, 4) is 11.5 Å². The molecule has 3 rings (SSSR count). The maximum Gasteiger partial charge on any atom is 0.231 e. The molecule has 1 N–H and O–H groups in total. The van der Waals surface area contributed by atoms with E-state index in [0.717, 1.165) is 22.4 Å². The second-order valence-corrected chi connectivity index (χ2v) is 2.68. The average molecular weight is 160 g/mol. The number of hydrogen-bond donors (Lipinski definition) is 1. The number of benzene rings is 1. The second-order valence-electron chi connectivity index (χ2n) is 2.68. The molecular formula is C9H6NO2. The Morgan fingerprint density at radius 3 is 3.00 bits per heavy atom. The maximum absolute atomic E-state index is 5.22. The van der Waals surface area contributed by atoms with Gasteiger partial charge in [-0.1, -0.05) is 0 Å². The predicted molar refractivity (Wildman–Crippen MR) is 43.3 cm³/mol. The molecule has 1 aromatic carbocycles. The molecule has 2 aromatic rings. The number of ether oxygens (including phenoxy) is 2. The van der Waals surface area contributed by atoms with Gasteiger partial charge < -0.3 is 14.5 Å². The molecule has 0 amide bonds. The summed E-state index contributed by atoms with van der Waals surface area (Å²) in [5.41, 5.74) is 1.03. The van der Waals surface area contributed by atoms with Gasteiger partial charge in [0.2, 0.25) is 6.79 Å². The largest absolute Gasteiger partial charge is 0.454 e. The molecule has 59 valence electrons. The highest BCUT2D eigenvalue weighted by atomic mass is 16.7. The summed E-state index contributed by atoms with van der Waals surface area (Å²) in [6.07, 6.45) is 1.78. The Balaban J connectivity index is 2.38. The lowest BCUT2D eigenvalue weighted by Crippen LogP contribution is -1.92. The Morgan fingerprint density at radius 1 is 1.25 bits per heavy atom. The number of nitrogens with one attached hydrogen (secondary N) is 1. The first-order valence-electron chi connectivity index (χ1n) is 3.72. The van der Waals surface area contributed by atoms with Gasteiger partial charge >= 0.3 is 0 Å². The summed E-state index contributed by atoms with van der Waals surface area (Å²) in [5, 5.41) is 1.03. The van der Waals surface area contributed by atoms with Crippen molar-refractivity contribution in [2.45, 2.75) is 0 Å². The van der Waals surface area contributed by atoms with E-state index in [9.17, 15) is 0 Å². The lowest BCUT2D eigenvalue weighted by Gasteiger charge is -1.94. The molecule has 0 bridgehead atoms. The highest BCUT2D eigenvalue weighted by molar-refractivity contribution is 5.82. The van der Waals surface area contributed by atoms with Crippen LogP contribution < -0.4 is 9.47 Å². The first-order valence-corrected chi connectivity index (χ1v) is 3.72. The van der Waals surface area contributed by atoms with Gasteiger partial charge in [0.15, 0.2) is 11.5 Å². The number of fused-ring (bicyclic) bond motifs is 2. The summed E-state index contributed by atoms with van der Waals surface area (Å²) in [6.45, 7) is 0.321. The number of H-pyrrole nitrogens is 1. The molecule has 1 aromatic heterocycles. The fourth-order valence-corrected chi connectivity index (χ4v) is 1.37. The molecule has 1 aliphatic rings. The van der Waals surface area contributed by atoms with Crippen LogP contribution in [0.1, 0.15) is 0 Å². The molecule has 0 saturated carbocycles. The van der Waals surface area contributed by atoms with E-state index in [0.29, 0.717) is 6.79 Å². The van der Waals surface area contributed by atoms with Gasteiger partial charge in [0.25, 0.3) is 0 Å². The summed E-state index contributed by atoms with van der Waals surface area (Å²) in [7, 11) is 0. The molecule has 0 saturated heterocycles. The van der Waals surface area contributed by atoms with Crippen LogP contribution in [0.25, 0.3) is 10.9 Å². The van der Waals surface area contributed by atoms with Gasteiger partial charge in [-0.25, -0.2) is 0 Å². The van der Waals surface area contributed by atoms with Crippen molar-refractivity contribution in [2.75, 3.05) is 6.79 Å². The number of hydrogen-bond acceptors (Lipinski definition) is 2. The number of aromatic nitrogens is 1. The Morgan fingerprint density at radius 2 is 2.08 bits per heavy atom. The van der Waals surface area contributed by atoms with E-state index in [1.54, 1.807) is 6.20 Å². The first-order chi connectivity index (χ1) is 5.93. The monoisotopic (exact) mass is 160 g/mol. The molecule has 0 spiro atoms. The van der Waals surface area contributed by atoms with Crippen molar-refractivity contribution < 1.29 is 9.47 Å². The summed E-state index contributed by atoms with van der Waals surface area (Å²) in [4.78, 5) is 3.06. The summed E-state index contributed by atoms with van der Waals surface area (Å²) in [5.74, 6) is 1.61. The topological polar surface area (TPSA) is 34.2 Å². The molecule has 0 aliphatic carbocycles. The molecular weight excluding hydrogens is 154 g/mol. The summed E-state index contributed by atoms with van der Waals surface area (Å²) in [6, 6.07) is 6.91. The Kier molecular flexibility index (Phi) is 0.961. The van der Waals surface area contributed by atoms with Crippen LogP contribution in [0.5, 0.6) is 11.5 Å². The third-order valence-corrected chi connectivity index (χ3v) is 1.97. The smallest absolute Gasteiger partial charge is 0.231 e. The van der Waals surface area contributed by atoms with E-state index >= 15 is 0 Å². The van der Waals surface area contributed by atoms with Crippen LogP contribution in [-0.2, 0) is 0 Å². The Hall–Kier alpha value is -1.64. The van der Waals surface area contributed by atoms with Crippen LogP contribution in [0.2, 0.25) is 0 Å². The number of aromatic amines is 1. The highest BCUT2D eigenvalue weighted by Gasteiger charge is 2.13. The predicted octanol–water partition coefficient (Wildman–Crippen LogP) is 1.70. The van der Waals surface area contributed by atoms with Crippen molar-refractivity contribution in [3.63, 3.8) is 0 Å². The quantitative estimate of drug-likeness (QED) is 0.636. The Bertz CT molecular complexity index is 395. The third-order valence-electron chi connectivity index (χ3n) is 1.97. The molecule has 1 radical (unpaired) electrons. The van der Waals surface area contributed by atoms with Gasteiger partial charge in [-0.2, -0.15) is 0 Å². The highest BCUT2D eigenvalue weighted by Crippen LogP contribution is 2.35. The van der Waals surface area contributed by atoms with E-state index in [2.05, 4.69) is 11.1 Å². The van der Waals surface area contributed by atoms with Crippen LogP contribution >= 0.6 is 0 Å². The molecule has 0 fully saturated rings. The first kappa shape index (κ1) is 5.94. The molecule has 3 heteroatoms. The fraction of sp³-hybridized carbons (Fsp3) is 0.111. The third kappa shape index (κ3) is 0.652. The zero-order valence-electron chi connectivity index (χ0n) is 6.26. The minimum absolute atomic E-state index is 0.321. The summed E-state index contributed by atoms with van der Waals surface area (Å²) >= 11 is 0.